The Morgan fingerprint density at radius 1 is 1.09 bits per heavy atom. The lowest BCUT2D eigenvalue weighted by molar-refractivity contribution is 1.33. The Morgan fingerprint density at radius 3 is 2.18 bits per heavy atom. The van der Waals surface area contributed by atoms with Crippen LogP contribution in [-0.2, 0) is 0 Å². The van der Waals surface area contributed by atoms with Crippen molar-refractivity contribution in [3.63, 3.8) is 0 Å². The second-order valence-corrected chi connectivity index (χ2v) is 2.55. The van der Waals surface area contributed by atoms with Gasteiger partial charge in [0.05, 0.1) is 0 Å². The summed E-state index contributed by atoms with van der Waals surface area (Å²) < 4.78 is 0. The predicted octanol–water partition coefficient (Wildman–Crippen LogP) is 2.77. The van der Waals surface area contributed by atoms with Gasteiger partial charge in [-0.15, -0.1) is 12.4 Å². The Labute approximate surface area is 74.2 Å². The number of nitrogens with one attached hydrogen (secondary N) is 1. The third kappa shape index (κ3) is 2.43. The van der Waals surface area contributed by atoms with Crippen molar-refractivity contribution in [1.29, 1.82) is 0 Å². The first-order valence-corrected chi connectivity index (χ1v) is 3.49. The number of anilines is 1. The topological polar surface area (TPSA) is 12.0 Å². The van der Waals surface area contributed by atoms with Crippen LogP contribution in [0.1, 0.15) is 11.1 Å². The summed E-state index contributed by atoms with van der Waals surface area (Å²) in [4.78, 5) is 0. The maximum atomic E-state index is 3.10. The van der Waals surface area contributed by atoms with Crippen LogP contribution in [0.15, 0.2) is 18.2 Å². The number of aryl methyl sites for hydroxylation is 2. The number of hydrogen-bond donors (Lipinski definition) is 1. The summed E-state index contributed by atoms with van der Waals surface area (Å²) >= 11 is 0. The van der Waals surface area contributed by atoms with Crippen LogP contribution in [0.3, 0.4) is 0 Å². The molecule has 0 spiro atoms. The molecule has 1 rings (SSSR count). The van der Waals surface area contributed by atoms with Gasteiger partial charge in [-0.2, -0.15) is 0 Å². The summed E-state index contributed by atoms with van der Waals surface area (Å²) in [5.41, 5.74) is 3.87. The molecule has 0 unspecified atom stereocenters. The third-order valence-corrected chi connectivity index (χ3v) is 1.80. The van der Waals surface area contributed by atoms with Crippen LogP contribution in [-0.4, -0.2) is 7.05 Å². The number of halogens is 1. The predicted molar refractivity (Wildman–Crippen MR) is 52.7 cm³/mol. The summed E-state index contributed by atoms with van der Waals surface area (Å²) in [7, 11) is 1.93. The van der Waals surface area contributed by atoms with Crippen molar-refractivity contribution in [2.45, 2.75) is 13.8 Å². The molecule has 0 aliphatic rings. The lowest BCUT2D eigenvalue weighted by Crippen LogP contribution is -1.89. The van der Waals surface area contributed by atoms with Crippen LogP contribution in [0.5, 0.6) is 0 Å². The van der Waals surface area contributed by atoms with E-state index in [1.165, 1.54) is 16.8 Å². The first-order valence-electron chi connectivity index (χ1n) is 3.49. The van der Waals surface area contributed by atoms with E-state index >= 15 is 0 Å². The zero-order valence-corrected chi connectivity index (χ0v) is 7.96. The Hall–Kier alpha value is -0.690. The van der Waals surface area contributed by atoms with Gasteiger partial charge in [-0.1, -0.05) is 6.07 Å². The molecular weight excluding hydrogens is 158 g/mol. The molecule has 2 heteroatoms. The Morgan fingerprint density at radius 2 is 1.73 bits per heavy atom. The van der Waals surface area contributed by atoms with Crippen LogP contribution in [0, 0.1) is 13.8 Å². The molecule has 0 amide bonds. The lowest BCUT2D eigenvalue weighted by atomic mass is 10.1. The summed E-state index contributed by atoms with van der Waals surface area (Å²) in [5, 5.41) is 3.10. The summed E-state index contributed by atoms with van der Waals surface area (Å²) in [6.45, 7) is 4.24. The number of rotatable bonds is 1. The normalized spacial score (nSPS) is 8.64. The molecule has 0 aliphatic heterocycles. The van der Waals surface area contributed by atoms with Crippen molar-refractivity contribution in [1.82, 2.24) is 0 Å². The fourth-order valence-electron chi connectivity index (χ4n) is 0.897. The zero-order chi connectivity index (χ0) is 7.56. The van der Waals surface area contributed by atoms with Crippen molar-refractivity contribution in [2.24, 2.45) is 0 Å². The lowest BCUT2D eigenvalue weighted by Gasteiger charge is -2.02. The van der Waals surface area contributed by atoms with E-state index in [0.29, 0.717) is 0 Å². The van der Waals surface area contributed by atoms with Crippen LogP contribution in [0.4, 0.5) is 5.69 Å². The fourth-order valence-corrected chi connectivity index (χ4v) is 0.897. The van der Waals surface area contributed by atoms with E-state index in [0.717, 1.165) is 0 Å². The summed E-state index contributed by atoms with van der Waals surface area (Å²) in [6.07, 6.45) is 0. The molecule has 11 heavy (non-hydrogen) atoms. The molecule has 1 aromatic rings. The first-order chi connectivity index (χ1) is 4.74. The second kappa shape index (κ2) is 4.24. The standard InChI is InChI=1S/C9H13N.ClH/c1-7-4-5-9(10-3)6-8(7)2;/h4-6,10H,1-3H3;1H. The molecule has 0 fully saturated rings. The maximum Gasteiger partial charge on any atom is 0.0340 e. The third-order valence-electron chi connectivity index (χ3n) is 1.80. The highest BCUT2D eigenvalue weighted by molar-refractivity contribution is 5.85. The number of benzene rings is 1. The molecule has 0 aromatic heterocycles. The average Bonchev–Trinajstić information content (AvgIpc) is 1.95. The minimum absolute atomic E-state index is 0. The van der Waals surface area contributed by atoms with E-state index in [2.05, 4.69) is 37.4 Å². The molecule has 1 N–H and O–H groups in total. The molecule has 0 atom stereocenters. The molecule has 1 aromatic carbocycles. The van der Waals surface area contributed by atoms with Crippen LogP contribution in [0.2, 0.25) is 0 Å². The van der Waals surface area contributed by atoms with Gasteiger partial charge in [0.2, 0.25) is 0 Å². The SMILES string of the molecule is CNc1ccc(C)c(C)c1.Cl. The van der Waals surface area contributed by atoms with Crippen molar-refractivity contribution in [2.75, 3.05) is 12.4 Å². The van der Waals surface area contributed by atoms with Crippen molar-refractivity contribution in [3.05, 3.63) is 29.3 Å². The van der Waals surface area contributed by atoms with Crippen molar-refractivity contribution in [3.8, 4) is 0 Å². The summed E-state index contributed by atoms with van der Waals surface area (Å²) in [6, 6.07) is 6.36. The average molecular weight is 172 g/mol. The van der Waals surface area contributed by atoms with Gasteiger partial charge in [0.25, 0.3) is 0 Å². The fraction of sp³-hybridized carbons (Fsp3) is 0.333. The first kappa shape index (κ1) is 10.3. The molecule has 0 radical (unpaired) electrons. The summed E-state index contributed by atoms with van der Waals surface area (Å²) in [5.74, 6) is 0. The molecule has 62 valence electrons. The van der Waals surface area contributed by atoms with Gasteiger partial charge in [-0.25, -0.2) is 0 Å². The minimum Gasteiger partial charge on any atom is -0.388 e. The Kier molecular flexibility index (Phi) is 3.98. The van der Waals surface area contributed by atoms with Gasteiger partial charge in [-0.3, -0.25) is 0 Å². The molecular formula is C9H14ClN. The van der Waals surface area contributed by atoms with E-state index in [4.69, 9.17) is 0 Å². The Balaban J connectivity index is 0.000001000. The molecule has 0 saturated heterocycles. The van der Waals surface area contributed by atoms with Gasteiger partial charge < -0.3 is 5.32 Å². The van der Waals surface area contributed by atoms with E-state index in [1.807, 2.05) is 7.05 Å². The van der Waals surface area contributed by atoms with Gasteiger partial charge >= 0.3 is 0 Å². The zero-order valence-electron chi connectivity index (χ0n) is 7.14. The molecule has 0 heterocycles. The maximum absolute atomic E-state index is 3.10. The highest BCUT2D eigenvalue weighted by Crippen LogP contribution is 2.12. The van der Waals surface area contributed by atoms with Crippen LogP contribution in [0.25, 0.3) is 0 Å². The van der Waals surface area contributed by atoms with E-state index in [-0.39, 0.29) is 12.4 Å². The van der Waals surface area contributed by atoms with Gasteiger partial charge in [-0.05, 0) is 37.1 Å². The van der Waals surface area contributed by atoms with Crippen LogP contribution >= 0.6 is 12.4 Å². The van der Waals surface area contributed by atoms with E-state index in [9.17, 15) is 0 Å². The molecule has 0 bridgehead atoms. The molecule has 0 aliphatic carbocycles. The largest absolute Gasteiger partial charge is 0.388 e. The molecule has 0 saturated carbocycles. The van der Waals surface area contributed by atoms with Gasteiger partial charge in [0, 0.05) is 12.7 Å². The second-order valence-electron chi connectivity index (χ2n) is 2.55. The molecule has 1 nitrogen and oxygen atoms in total. The monoisotopic (exact) mass is 171 g/mol. The van der Waals surface area contributed by atoms with Crippen LogP contribution < -0.4 is 5.32 Å². The van der Waals surface area contributed by atoms with Gasteiger partial charge in [0.1, 0.15) is 0 Å². The van der Waals surface area contributed by atoms with Crippen molar-refractivity contribution >= 4 is 18.1 Å². The van der Waals surface area contributed by atoms with Crippen molar-refractivity contribution < 1.29 is 0 Å². The smallest absolute Gasteiger partial charge is 0.0340 e. The number of hydrogen-bond acceptors (Lipinski definition) is 1. The van der Waals surface area contributed by atoms with E-state index in [1.54, 1.807) is 0 Å². The minimum atomic E-state index is 0. The highest BCUT2D eigenvalue weighted by atomic mass is 35.5. The van der Waals surface area contributed by atoms with E-state index < -0.39 is 0 Å². The highest BCUT2D eigenvalue weighted by Gasteiger charge is 1.91. The van der Waals surface area contributed by atoms with Gasteiger partial charge in [0.15, 0.2) is 0 Å². The quantitative estimate of drug-likeness (QED) is 0.685. The Bertz CT molecular complexity index is 233.